The molecule has 3 rings (SSSR count). The number of likely N-dealkylation sites (tertiary alicyclic amines) is 1. The van der Waals surface area contributed by atoms with Gasteiger partial charge in [0.05, 0.1) is 17.1 Å². The highest BCUT2D eigenvalue weighted by molar-refractivity contribution is 7.89. The van der Waals surface area contributed by atoms with Crippen LogP contribution in [-0.4, -0.2) is 55.5 Å². The predicted molar refractivity (Wildman–Crippen MR) is 94.0 cm³/mol. The lowest BCUT2D eigenvalue weighted by Gasteiger charge is -2.32. The first-order valence-electron chi connectivity index (χ1n) is 8.62. The van der Waals surface area contributed by atoms with E-state index in [0.29, 0.717) is 25.9 Å². The number of hydrogen-bond acceptors (Lipinski definition) is 4. The van der Waals surface area contributed by atoms with Crippen LogP contribution in [0.5, 0.6) is 0 Å². The fourth-order valence-electron chi connectivity index (χ4n) is 3.11. The lowest BCUT2D eigenvalue weighted by molar-refractivity contribution is -0.148. The van der Waals surface area contributed by atoms with Crippen molar-refractivity contribution in [1.29, 1.82) is 0 Å². The average Bonchev–Trinajstić information content (AvgIpc) is 3.15. The lowest BCUT2D eigenvalue weighted by Crippen LogP contribution is -2.42. The zero-order chi connectivity index (χ0) is 19.5. The minimum atomic E-state index is -4.20. The van der Waals surface area contributed by atoms with Crippen LogP contribution in [0.3, 0.4) is 0 Å². The molecule has 1 N–H and O–H groups in total. The second-order valence-corrected chi connectivity index (χ2v) is 8.40. The molecule has 1 aliphatic heterocycles. The normalized spacial score (nSPS) is 17.3. The molecule has 27 heavy (non-hydrogen) atoms. The first-order chi connectivity index (χ1) is 12.7. The Labute approximate surface area is 156 Å². The van der Waals surface area contributed by atoms with E-state index in [2.05, 4.69) is 9.82 Å². The topological polar surface area (TPSA) is 67.2 Å². The average molecular weight is 402 g/mol. The van der Waals surface area contributed by atoms with Crippen molar-refractivity contribution in [3.63, 3.8) is 0 Å². The highest BCUT2D eigenvalue weighted by atomic mass is 32.2. The van der Waals surface area contributed by atoms with E-state index < -0.39 is 22.7 Å². The van der Waals surface area contributed by atoms with Gasteiger partial charge in [0.2, 0.25) is 10.0 Å². The van der Waals surface area contributed by atoms with Gasteiger partial charge in [0, 0.05) is 18.9 Å². The van der Waals surface area contributed by atoms with Crippen LogP contribution in [0.15, 0.2) is 47.6 Å². The van der Waals surface area contributed by atoms with Gasteiger partial charge in [0.25, 0.3) is 0 Å². The van der Waals surface area contributed by atoms with Crippen molar-refractivity contribution < 1.29 is 21.6 Å². The van der Waals surface area contributed by atoms with Crippen molar-refractivity contribution in [1.82, 2.24) is 19.4 Å². The number of halogens is 3. The standard InChI is InChI=1S/C17H21F3N4O2S/c18-17(19,20)13-23-10-6-14(7-11-23)12-22-27(25,26)16-4-2-15(3-5-16)24-9-1-8-21-24/h1-5,8-9,14,22H,6-7,10-13H2. The van der Waals surface area contributed by atoms with E-state index in [1.807, 2.05) is 0 Å². The fraction of sp³-hybridized carbons (Fsp3) is 0.471. The lowest BCUT2D eigenvalue weighted by atomic mass is 9.97. The van der Waals surface area contributed by atoms with E-state index in [1.165, 1.54) is 17.0 Å². The minimum absolute atomic E-state index is 0.0348. The summed E-state index contributed by atoms with van der Waals surface area (Å²) in [5.74, 6) is 0.0348. The fourth-order valence-corrected chi connectivity index (χ4v) is 4.23. The summed E-state index contributed by atoms with van der Waals surface area (Å²) in [5.41, 5.74) is 0.746. The molecule has 0 unspecified atom stereocenters. The monoisotopic (exact) mass is 402 g/mol. The number of benzene rings is 1. The Kier molecular flexibility index (Phi) is 5.87. The molecule has 1 aromatic carbocycles. The molecule has 0 aliphatic carbocycles. The highest BCUT2D eigenvalue weighted by Gasteiger charge is 2.32. The van der Waals surface area contributed by atoms with Crippen LogP contribution in [0, 0.1) is 5.92 Å². The quantitative estimate of drug-likeness (QED) is 0.806. The molecule has 2 aromatic rings. The first-order valence-corrected chi connectivity index (χ1v) is 10.1. The second-order valence-electron chi connectivity index (χ2n) is 6.63. The third-order valence-corrected chi connectivity index (χ3v) is 6.03. The summed E-state index contributed by atoms with van der Waals surface area (Å²) in [4.78, 5) is 1.51. The molecule has 0 radical (unpaired) electrons. The van der Waals surface area contributed by atoms with Crippen molar-refractivity contribution in [2.45, 2.75) is 23.9 Å². The maximum atomic E-state index is 12.4. The minimum Gasteiger partial charge on any atom is -0.295 e. The molecule has 0 bridgehead atoms. The molecule has 0 amide bonds. The van der Waals surface area contributed by atoms with Crippen molar-refractivity contribution in [3.05, 3.63) is 42.7 Å². The Morgan fingerprint density at radius 3 is 2.37 bits per heavy atom. The first kappa shape index (κ1) is 19.8. The van der Waals surface area contributed by atoms with Gasteiger partial charge in [-0.3, -0.25) is 4.90 Å². The zero-order valence-electron chi connectivity index (χ0n) is 14.6. The summed E-state index contributed by atoms with van der Waals surface area (Å²) in [6, 6.07) is 8.11. The summed E-state index contributed by atoms with van der Waals surface area (Å²) in [7, 11) is -3.66. The molecular formula is C17H21F3N4O2S. The summed E-state index contributed by atoms with van der Waals surface area (Å²) in [6.45, 7) is -0.0356. The van der Waals surface area contributed by atoms with E-state index >= 15 is 0 Å². The molecule has 1 saturated heterocycles. The Morgan fingerprint density at radius 1 is 1.15 bits per heavy atom. The Morgan fingerprint density at radius 2 is 1.81 bits per heavy atom. The van der Waals surface area contributed by atoms with E-state index in [4.69, 9.17) is 0 Å². The van der Waals surface area contributed by atoms with Crippen LogP contribution in [-0.2, 0) is 10.0 Å². The molecule has 0 saturated carbocycles. The number of piperidine rings is 1. The van der Waals surface area contributed by atoms with E-state index in [-0.39, 0.29) is 17.4 Å². The van der Waals surface area contributed by atoms with E-state index in [0.717, 1.165) is 5.69 Å². The second kappa shape index (κ2) is 7.99. The van der Waals surface area contributed by atoms with Gasteiger partial charge in [-0.1, -0.05) is 0 Å². The maximum absolute atomic E-state index is 12.4. The van der Waals surface area contributed by atoms with Gasteiger partial charge in [-0.05, 0) is 62.2 Å². The smallest absolute Gasteiger partial charge is 0.295 e. The van der Waals surface area contributed by atoms with Gasteiger partial charge in [-0.15, -0.1) is 0 Å². The molecule has 0 spiro atoms. The van der Waals surface area contributed by atoms with Gasteiger partial charge in [0.15, 0.2) is 0 Å². The van der Waals surface area contributed by atoms with Gasteiger partial charge in [-0.25, -0.2) is 17.8 Å². The number of hydrogen-bond donors (Lipinski definition) is 1. The maximum Gasteiger partial charge on any atom is 0.401 e. The van der Waals surface area contributed by atoms with Gasteiger partial charge in [0.1, 0.15) is 0 Å². The summed E-state index contributed by atoms with van der Waals surface area (Å²) in [6.07, 6.45) is 0.267. The number of sulfonamides is 1. The number of alkyl halides is 3. The predicted octanol–water partition coefficient (Wildman–Crippen LogP) is 2.42. The molecule has 2 heterocycles. The number of nitrogens with zero attached hydrogens (tertiary/aromatic N) is 3. The van der Waals surface area contributed by atoms with Gasteiger partial charge in [-0.2, -0.15) is 18.3 Å². The third kappa shape index (κ3) is 5.53. The largest absolute Gasteiger partial charge is 0.401 e. The van der Waals surface area contributed by atoms with Crippen LogP contribution in [0.4, 0.5) is 13.2 Å². The van der Waals surface area contributed by atoms with Crippen LogP contribution in [0.2, 0.25) is 0 Å². The van der Waals surface area contributed by atoms with Crippen molar-refractivity contribution >= 4 is 10.0 Å². The summed E-state index contributed by atoms with van der Waals surface area (Å²) < 4.78 is 66.3. The Balaban J connectivity index is 1.52. The summed E-state index contributed by atoms with van der Waals surface area (Å²) >= 11 is 0. The third-order valence-electron chi connectivity index (χ3n) is 4.59. The molecule has 0 atom stereocenters. The van der Waals surface area contributed by atoms with Crippen LogP contribution in [0.1, 0.15) is 12.8 Å². The van der Waals surface area contributed by atoms with Crippen LogP contribution >= 0.6 is 0 Å². The van der Waals surface area contributed by atoms with Crippen LogP contribution < -0.4 is 4.72 Å². The Bertz CT molecular complexity index is 828. The van der Waals surface area contributed by atoms with E-state index in [1.54, 1.807) is 35.3 Å². The van der Waals surface area contributed by atoms with E-state index in [9.17, 15) is 21.6 Å². The molecule has 10 heteroatoms. The highest BCUT2D eigenvalue weighted by Crippen LogP contribution is 2.22. The van der Waals surface area contributed by atoms with Gasteiger partial charge < -0.3 is 0 Å². The van der Waals surface area contributed by atoms with Gasteiger partial charge >= 0.3 is 6.18 Å². The number of rotatable bonds is 6. The molecule has 148 valence electrons. The molecule has 1 fully saturated rings. The van der Waals surface area contributed by atoms with Crippen molar-refractivity contribution in [2.75, 3.05) is 26.2 Å². The van der Waals surface area contributed by atoms with Crippen molar-refractivity contribution in [2.24, 2.45) is 5.92 Å². The summed E-state index contributed by atoms with van der Waals surface area (Å²) in [5, 5.41) is 4.08. The molecule has 6 nitrogen and oxygen atoms in total. The zero-order valence-corrected chi connectivity index (χ0v) is 15.4. The molecule has 1 aliphatic rings. The molecular weight excluding hydrogens is 381 g/mol. The number of aromatic nitrogens is 2. The van der Waals surface area contributed by atoms with Crippen LogP contribution in [0.25, 0.3) is 5.69 Å². The Hall–Kier alpha value is -1.91. The SMILES string of the molecule is O=S(=O)(NCC1CCN(CC(F)(F)F)CC1)c1ccc(-n2cccn2)cc1. The van der Waals surface area contributed by atoms with Crippen molar-refractivity contribution in [3.8, 4) is 5.69 Å². The number of nitrogens with one attached hydrogen (secondary N) is 1. The molecule has 1 aromatic heterocycles.